The molecule has 0 bridgehead atoms. The first-order valence-corrected chi connectivity index (χ1v) is 7.89. The number of aliphatic hydroxyl groups is 1. The molecule has 0 aliphatic rings. The Morgan fingerprint density at radius 1 is 1.05 bits per heavy atom. The van der Waals surface area contributed by atoms with Crippen molar-refractivity contribution in [3.8, 4) is 0 Å². The number of benzene rings is 1. The second-order valence-electron chi connectivity index (χ2n) is 5.83. The molecule has 1 N–H and O–H groups in total. The highest BCUT2D eigenvalue weighted by atomic mass is 16.3. The molecule has 2 atom stereocenters. The van der Waals surface area contributed by atoms with Gasteiger partial charge in [0.1, 0.15) is 0 Å². The van der Waals surface area contributed by atoms with E-state index in [0.29, 0.717) is 5.92 Å². The van der Waals surface area contributed by atoms with E-state index in [1.165, 1.54) is 36.8 Å². The van der Waals surface area contributed by atoms with Crippen molar-refractivity contribution in [2.24, 2.45) is 5.92 Å². The third-order valence-corrected chi connectivity index (χ3v) is 4.04. The molecule has 0 fully saturated rings. The fraction of sp³-hybridized carbons (Fsp3) is 0.667. The van der Waals surface area contributed by atoms with Crippen LogP contribution in [0.25, 0.3) is 0 Å². The Hall–Kier alpha value is -0.820. The summed E-state index contributed by atoms with van der Waals surface area (Å²) < 4.78 is 0. The molecule has 108 valence electrons. The number of aliphatic hydroxyl groups excluding tert-OH is 1. The summed E-state index contributed by atoms with van der Waals surface area (Å²) in [6.07, 6.45) is 7.75. The van der Waals surface area contributed by atoms with Gasteiger partial charge in [-0.3, -0.25) is 0 Å². The number of aryl methyl sites for hydroxylation is 2. The Labute approximate surface area is 119 Å². The zero-order chi connectivity index (χ0) is 14.1. The summed E-state index contributed by atoms with van der Waals surface area (Å²) in [5.74, 6) is 0.702. The summed E-state index contributed by atoms with van der Waals surface area (Å²) >= 11 is 0. The molecule has 1 aromatic carbocycles. The molecule has 2 unspecified atom stereocenters. The van der Waals surface area contributed by atoms with Crippen molar-refractivity contribution < 1.29 is 5.11 Å². The monoisotopic (exact) mass is 262 g/mol. The summed E-state index contributed by atoms with van der Waals surface area (Å²) in [4.78, 5) is 0. The van der Waals surface area contributed by atoms with E-state index in [-0.39, 0.29) is 6.10 Å². The molecule has 1 aromatic rings. The van der Waals surface area contributed by atoms with Gasteiger partial charge in [-0.1, -0.05) is 69.4 Å². The fourth-order valence-corrected chi connectivity index (χ4v) is 2.57. The number of hydrogen-bond acceptors (Lipinski definition) is 1. The molecule has 0 radical (unpaired) electrons. The van der Waals surface area contributed by atoms with Gasteiger partial charge in [-0.25, -0.2) is 0 Å². The normalized spacial score (nSPS) is 14.3. The van der Waals surface area contributed by atoms with Gasteiger partial charge in [0, 0.05) is 0 Å². The molecule has 0 aliphatic carbocycles. The molecule has 1 heteroatoms. The maximum absolute atomic E-state index is 10.2. The lowest BCUT2D eigenvalue weighted by atomic mass is 9.91. The quantitative estimate of drug-likeness (QED) is 0.671. The summed E-state index contributed by atoms with van der Waals surface area (Å²) in [6, 6.07) is 8.66. The summed E-state index contributed by atoms with van der Waals surface area (Å²) in [6.45, 7) is 6.59. The second kappa shape index (κ2) is 9.14. The van der Waals surface area contributed by atoms with Gasteiger partial charge >= 0.3 is 0 Å². The van der Waals surface area contributed by atoms with E-state index in [4.69, 9.17) is 0 Å². The van der Waals surface area contributed by atoms with Crippen LogP contribution in [0.3, 0.4) is 0 Å². The maximum Gasteiger partial charge on any atom is 0.0546 e. The SMILES string of the molecule is CCCCC(CC)CC(O)CCc1ccc(C)cc1. The van der Waals surface area contributed by atoms with Crippen LogP contribution in [0.5, 0.6) is 0 Å². The van der Waals surface area contributed by atoms with E-state index >= 15 is 0 Å². The first-order chi connectivity index (χ1) is 9.15. The standard InChI is InChI=1S/C18H30O/c1-4-6-7-16(5-2)14-18(19)13-12-17-10-8-15(3)9-11-17/h8-11,16,18-19H,4-7,12-14H2,1-3H3. The lowest BCUT2D eigenvalue weighted by molar-refractivity contribution is 0.129. The van der Waals surface area contributed by atoms with Crippen molar-refractivity contribution in [3.05, 3.63) is 35.4 Å². The van der Waals surface area contributed by atoms with Crippen molar-refractivity contribution in [1.82, 2.24) is 0 Å². The van der Waals surface area contributed by atoms with Gasteiger partial charge in [0.05, 0.1) is 6.10 Å². The van der Waals surface area contributed by atoms with Crippen molar-refractivity contribution in [2.45, 2.75) is 71.8 Å². The van der Waals surface area contributed by atoms with Crippen LogP contribution in [-0.4, -0.2) is 11.2 Å². The second-order valence-corrected chi connectivity index (χ2v) is 5.83. The van der Waals surface area contributed by atoms with E-state index < -0.39 is 0 Å². The van der Waals surface area contributed by atoms with Gasteiger partial charge in [-0.2, -0.15) is 0 Å². The maximum atomic E-state index is 10.2. The number of unbranched alkanes of at least 4 members (excludes halogenated alkanes) is 1. The molecule has 0 spiro atoms. The average molecular weight is 262 g/mol. The minimum atomic E-state index is -0.136. The van der Waals surface area contributed by atoms with Crippen molar-refractivity contribution >= 4 is 0 Å². The Balaban J connectivity index is 2.29. The van der Waals surface area contributed by atoms with Crippen LogP contribution in [0.15, 0.2) is 24.3 Å². The smallest absolute Gasteiger partial charge is 0.0546 e. The highest BCUT2D eigenvalue weighted by Crippen LogP contribution is 2.20. The number of rotatable bonds is 9. The minimum Gasteiger partial charge on any atom is -0.393 e. The van der Waals surface area contributed by atoms with Crippen molar-refractivity contribution in [3.63, 3.8) is 0 Å². The summed E-state index contributed by atoms with van der Waals surface area (Å²) in [7, 11) is 0. The van der Waals surface area contributed by atoms with Gasteiger partial charge in [0.25, 0.3) is 0 Å². The van der Waals surface area contributed by atoms with Gasteiger partial charge in [-0.15, -0.1) is 0 Å². The lowest BCUT2D eigenvalue weighted by Crippen LogP contribution is -2.14. The van der Waals surface area contributed by atoms with Crippen LogP contribution in [0.1, 0.15) is 63.5 Å². The van der Waals surface area contributed by atoms with Gasteiger partial charge in [0.15, 0.2) is 0 Å². The first kappa shape index (κ1) is 16.2. The molecular weight excluding hydrogens is 232 g/mol. The molecule has 1 nitrogen and oxygen atoms in total. The van der Waals surface area contributed by atoms with E-state index in [1.807, 2.05) is 0 Å². The molecule has 0 amide bonds. The molecule has 19 heavy (non-hydrogen) atoms. The molecule has 1 rings (SSSR count). The Morgan fingerprint density at radius 2 is 1.74 bits per heavy atom. The van der Waals surface area contributed by atoms with Crippen LogP contribution >= 0.6 is 0 Å². The van der Waals surface area contributed by atoms with Gasteiger partial charge in [-0.05, 0) is 37.7 Å². The Kier molecular flexibility index (Phi) is 7.81. The van der Waals surface area contributed by atoms with Crippen LogP contribution in [0, 0.1) is 12.8 Å². The van der Waals surface area contributed by atoms with Crippen LogP contribution < -0.4 is 0 Å². The molecule has 0 saturated carbocycles. The predicted molar refractivity (Wildman–Crippen MR) is 83.4 cm³/mol. The molecule has 0 aliphatic heterocycles. The van der Waals surface area contributed by atoms with Gasteiger partial charge in [0.2, 0.25) is 0 Å². The first-order valence-electron chi connectivity index (χ1n) is 7.89. The highest BCUT2D eigenvalue weighted by molar-refractivity contribution is 5.21. The van der Waals surface area contributed by atoms with E-state index in [1.54, 1.807) is 0 Å². The lowest BCUT2D eigenvalue weighted by Gasteiger charge is -2.18. The van der Waals surface area contributed by atoms with Gasteiger partial charge < -0.3 is 5.11 Å². The largest absolute Gasteiger partial charge is 0.393 e. The molecule has 0 heterocycles. The number of hydrogen-bond donors (Lipinski definition) is 1. The molecular formula is C18H30O. The Bertz CT molecular complexity index is 328. The zero-order valence-electron chi connectivity index (χ0n) is 12.9. The van der Waals surface area contributed by atoms with E-state index in [2.05, 4.69) is 45.0 Å². The van der Waals surface area contributed by atoms with Crippen LogP contribution in [0.2, 0.25) is 0 Å². The van der Waals surface area contributed by atoms with Crippen LogP contribution in [0.4, 0.5) is 0 Å². The fourth-order valence-electron chi connectivity index (χ4n) is 2.57. The van der Waals surface area contributed by atoms with Crippen molar-refractivity contribution in [2.75, 3.05) is 0 Å². The van der Waals surface area contributed by atoms with Crippen LogP contribution in [-0.2, 0) is 6.42 Å². The third-order valence-electron chi connectivity index (χ3n) is 4.04. The van der Waals surface area contributed by atoms with E-state index in [9.17, 15) is 5.11 Å². The zero-order valence-corrected chi connectivity index (χ0v) is 12.9. The molecule has 0 aromatic heterocycles. The average Bonchev–Trinajstić information content (AvgIpc) is 2.42. The van der Waals surface area contributed by atoms with Crippen molar-refractivity contribution in [1.29, 1.82) is 0 Å². The topological polar surface area (TPSA) is 20.2 Å². The molecule has 0 saturated heterocycles. The Morgan fingerprint density at radius 3 is 2.32 bits per heavy atom. The highest BCUT2D eigenvalue weighted by Gasteiger charge is 2.12. The third kappa shape index (κ3) is 6.77. The summed E-state index contributed by atoms with van der Waals surface area (Å²) in [5, 5.41) is 10.2. The minimum absolute atomic E-state index is 0.136. The predicted octanol–water partition coefficient (Wildman–Crippen LogP) is 4.90. The van der Waals surface area contributed by atoms with E-state index in [0.717, 1.165) is 19.3 Å². The summed E-state index contributed by atoms with van der Waals surface area (Å²) in [5.41, 5.74) is 2.64.